The van der Waals surface area contributed by atoms with Crippen LogP contribution in [0.2, 0.25) is 0 Å². The Kier molecular flexibility index (Phi) is 11.4. The van der Waals surface area contributed by atoms with E-state index in [9.17, 15) is 19.2 Å². The summed E-state index contributed by atoms with van der Waals surface area (Å²) in [6.07, 6.45) is 5.29. The summed E-state index contributed by atoms with van der Waals surface area (Å²) in [7, 11) is 1.74. The fraction of sp³-hybridized carbons (Fsp3) is 0.385. The Hall–Kier alpha value is -3.72. The number of nitrogens with one attached hydrogen (secondary N) is 1. The number of piperazine rings is 1. The van der Waals surface area contributed by atoms with E-state index in [1.54, 1.807) is 24.2 Å². The number of unbranched alkanes of at least 4 members (excludes halogenated alkanes) is 2. The van der Waals surface area contributed by atoms with Crippen LogP contribution in [0, 0.1) is 0 Å². The summed E-state index contributed by atoms with van der Waals surface area (Å²) >= 11 is 0. The maximum atomic E-state index is 11.4. The highest BCUT2D eigenvalue weighted by molar-refractivity contribution is 5.88. The van der Waals surface area contributed by atoms with Gasteiger partial charge in [-0.1, -0.05) is 13.3 Å². The van der Waals surface area contributed by atoms with Crippen molar-refractivity contribution >= 4 is 36.3 Å². The summed E-state index contributed by atoms with van der Waals surface area (Å²) < 4.78 is 0. The molecule has 0 bridgehead atoms. The van der Waals surface area contributed by atoms with Crippen LogP contribution in [0.15, 0.2) is 42.5 Å². The molecule has 3 rings (SSSR count). The molecule has 1 aliphatic rings. The average molecular weight is 483 g/mol. The SMILES string of the molecule is CCCCC=O.CN(Cc1cc(N2CCN(c3ccc(C(=O)O)cc3)CC2)ccc1C=O)NC=O. The van der Waals surface area contributed by atoms with E-state index in [2.05, 4.69) is 22.1 Å². The van der Waals surface area contributed by atoms with Gasteiger partial charge in [0.05, 0.1) is 5.56 Å². The van der Waals surface area contributed by atoms with E-state index in [1.807, 2.05) is 30.3 Å². The summed E-state index contributed by atoms with van der Waals surface area (Å²) in [5.41, 5.74) is 6.33. The first-order chi connectivity index (χ1) is 16.9. The van der Waals surface area contributed by atoms with Gasteiger partial charge in [-0.15, -0.1) is 0 Å². The van der Waals surface area contributed by atoms with Crippen LogP contribution in [-0.2, 0) is 16.1 Å². The molecule has 1 fully saturated rings. The van der Waals surface area contributed by atoms with Crippen LogP contribution in [0.1, 0.15) is 52.5 Å². The second kappa shape index (κ2) is 14.5. The number of carboxylic acids is 1. The van der Waals surface area contributed by atoms with Crippen molar-refractivity contribution in [3.63, 3.8) is 0 Å². The molecule has 0 aromatic heterocycles. The van der Waals surface area contributed by atoms with Crippen molar-refractivity contribution in [1.82, 2.24) is 10.4 Å². The lowest BCUT2D eigenvalue weighted by Crippen LogP contribution is -2.46. The van der Waals surface area contributed by atoms with Gasteiger partial charge in [-0.05, 0) is 54.4 Å². The quantitative estimate of drug-likeness (QED) is 0.286. The summed E-state index contributed by atoms with van der Waals surface area (Å²) in [5.74, 6) is -0.926. The molecule has 1 aliphatic heterocycles. The van der Waals surface area contributed by atoms with Gasteiger partial charge in [0.1, 0.15) is 12.6 Å². The molecule has 2 aromatic carbocycles. The second-order valence-electron chi connectivity index (χ2n) is 8.24. The van der Waals surface area contributed by atoms with Gasteiger partial charge in [-0.2, -0.15) is 0 Å². The molecule has 2 aromatic rings. The molecule has 188 valence electrons. The van der Waals surface area contributed by atoms with Crippen LogP contribution in [0.4, 0.5) is 11.4 Å². The average Bonchev–Trinajstić information content (AvgIpc) is 2.88. The lowest BCUT2D eigenvalue weighted by atomic mass is 10.1. The van der Waals surface area contributed by atoms with E-state index in [4.69, 9.17) is 5.11 Å². The summed E-state index contributed by atoms with van der Waals surface area (Å²) in [5, 5.41) is 10.6. The lowest BCUT2D eigenvalue weighted by Gasteiger charge is -2.37. The Balaban J connectivity index is 0.000000641. The van der Waals surface area contributed by atoms with Crippen molar-refractivity contribution in [2.45, 2.75) is 32.7 Å². The number of hydrogen-bond donors (Lipinski definition) is 2. The highest BCUT2D eigenvalue weighted by Gasteiger charge is 2.19. The highest BCUT2D eigenvalue weighted by Crippen LogP contribution is 2.23. The molecule has 2 N–H and O–H groups in total. The molecule has 1 saturated heterocycles. The Morgan fingerprint density at radius 2 is 1.60 bits per heavy atom. The van der Waals surface area contributed by atoms with Gasteiger partial charge in [-0.3, -0.25) is 15.0 Å². The lowest BCUT2D eigenvalue weighted by molar-refractivity contribution is -0.113. The number of carbonyl (C=O) groups is 4. The normalized spacial score (nSPS) is 13.0. The number of rotatable bonds is 11. The number of aromatic carboxylic acids is 1. The van der Waals surface area contributed by atoms with Crippen LogP contribution < -0.4 is 15.2 Å². The third kappa shape index (κ3) is 8.53. The second-order valence-corrected chi connectivity index (χ2v) is 8.24. The third-order valence-electron chi connectivity index (χ3n) is 5.73. The predicted octanol–water partition coefficient (Wildman–Crippen LogP) is 2.99. The largest absolute Gasteiger partial charge is 0.478 e. The number of anilines is 2. The van der Waals surface area contributed by atoms with Gasteiger partial charge in [0.15, 0.2) is 0 Å². The van der Waals surface area contributed by atoms with Gasteiger partial charge >= 0.3 is 5.97 Å². The van der Waals surface area contributed by atoms with Gasteiger partial charge in [0, 0.05) is 63.1 Å². The maximum absolute atomic E-state index is 11.4. The third-order valence-corrected chi connectivity index (χ3v) is 5.73. The van der Waals surface area contributed by atoms with E-state index in [0.717, 1.165) is 75.0 Å². The number of aldehydes is 2. The molecule has 1 heterocycles. The van der Waals surface area contributed by atoms with Gasteiger partial charge in [0.2, 0.25) is 6.41 Å². The molecule has 1 amide bonds. The Morgan fingerprint density at radius 1 is 1.00 bits per heavy atom. The van der Waals surface area contributed by atoms with Crippen LogP contribution in [0.5, 0.6) is 0 Å². The van der Waals surface area contributed by atoms with Crippen LogP contribution in [0.25, 0.3) is 0 Å². The molecule has 0 radical (unpaired) electrons. The van der Waals surface area contributed by atoms with Crippen molar-refractivity contribution in [2.24, 2.45) is 0 Å². The number of benzene rings is 2. The fourth-order valence-corrected chi connectivity index (χ4v) is 3.76. The monoisotopic (exact) mass is 482 g/mol. The molecule has 0 atom stereocenters. The van der Waals surface area contributed by atoms with Crippen LogP contribution in [-0.4, -0.2) is 68.3 Å². The Labute approximate surface area is 206 Å². The molecule has 9 nitrogen and oxygen atoms in total. The molecule has 0 aliphatic carbocycles. The summed E-state index contributed by atoms with van der Waals surface area (Å²) in [4.78, 5) is 47.0. The number of nitrogens with zero attached hydrogens (tertiary/aromatic N) is 3. The summed E-state index contributed by atoms with van der Waals surface area (Å²) in [6, 6.07) is 12.7. The summed E-state index contributed by atoms with van der Waals surface area (Å²) in [6.45, 7) is 5.74. The minimum Gasteiger partial charge on any atom is -0.478 e. The van der Waals surface area contributed by atoms with E-state index >= 15 is 0 Å². The van der Waals surface area contributed by atoms with Gasteiger partial charge in [0.25, 0.3) is 0 Å². The van der Waals surface area contributed by atoms with Crippen molar-refractivity contribution in [3.8, 4) is 0 Å². The predicted molar refractivity (Wildman–Crippen MR) is 136 cm³/mol. The molecular weight excluding hydrogens is 448 g/mol. The number of carboxylic acid groups (broad SMARTS) is 1. The van der Waals surface area contributed by atoms with E-state index in [1.165, 1.54) is 0 Å². The Bertz CT molecular complexity index is 972. The van der Waals surface area contributed by atoms with Crippen molar-refractivity contribution < 1.29 is 24.3 Å². The van der Waals surface area contributed by atoms with Crippen molar-refractivity contribution in [1.29, 1.82) is 0 Å². The van der Waals surface area contributed by atoms with E-state index in [-0.39, 0.29) is 5.56 Å². The molecule has 9 heteroatoms. The Morgan fingerprint density at radius 3 is 2.09 bits per heavy atom. The van der Waals surface area contributed by atoms with Gasteiger partial charge < -0.3 is 19.7 Å². The fourth-order valence-electron chi connectivity index (χ4n) is 3.76. The number of hydrogen-bond acceptors (Lipinski definition) is 7. The molecule has 0 unspecified atom stereocenters. The molecule has 35 heavy (non-hydrogen) atoms. The van der Waals surface area contributed by atoms with Crippen molar-refractivity contribution in [3.05, 3.63) is 59.2 Å². The number of hydrazine groups is 1. The minimum absolute atomic E-state index is 0.282. The number of amides is 1. The first kappa shape index (κ1) is 27.5. The standard InChI is InChI=1S/C21H24N4O4.C5H10O/c1-23(22-15-27)13-18-12-20(7-4-17(18)14-26)25-10-8-24(9-11-25)19-5-2-16(3-6-19)21(28)29;1-2-3-4-5-6/h2-7,12,14-15H,8-11,13H2,1H3,(H,22,27)(H,28,29);5H,2-4H2,1H3. The molecule has 0 spiro atoms. The highest BCUT2D eigenvalue weighted by atomic mass is 16.4. The zero-order chi connectivity index (χ0) is 25.6. The van der Waals surface area contributed by atoms with Gasteiger partial charge in [-0.25, -0.2) is 9.80 Å². The van der Waals surface area contributed by atoms with Crippen LogP contribution in [0.3, 0.4) is 0 Å². The first-order valence-corrected chi connectivity index (χ1v) is 11.7. The topological polar surface area (TPSA) is 110 Å². The smallest absolute Gasteiger partial charge is 0.335 e. The zero-order valence-corrected chi connectivity index (χ0v) is 20.4. The zero-order valence-electron chi connectivity index (χ0n) is 20.4. The van der Waals surface area contributed by atoms with Crippen molar-refractivity contribution in [2.75, 3.05) is 43.0 Å². The number of carbonyl (C=O) groups excluding carboxylic acids is 3. The maximum Gasteiger partial charge on any atom is 0.335 e. The van der Waals surface area contributed by atoms with E-state index < -0.39 is 5.97 Å². The molecular formula is C26H34N4O5. The molecule has 0 saturated carbocycles. The minimum atomic E-state index is -0.926. The van der Waals surface area contributed by atoms with E-state index in [0.29, 0.717) is 18.5 Å². The first-order valence-electron chi connectivity index (χ1n) is 11.7. The van der Waals surface area contributed by atoms with Crippen LogP contribution >= 0.6 is 0 Å².